The summed E-state index contributed by atoms with van der Waals surface area (Å²) in [7, 11) is 0. The van der Waals surface area contributed by atoms with E-state index in [9.17, 15) is 4.79 Å². The number of aliphatic carboxylic acids is 1. The van der Waals surface area contributed by atoms with Gasteiger partial charge in [0.15, 0.2) is 6.10 Å². The molecule has 0 aromatic carbocycles. The van der Waals surface area contributed by atoms with Crippen LogP contribution in [0.1, 0.15) is 18.5 Å². The highest BCUT2D eigenvalue weighted by Crippen LogP contribution is 2.20. The molecular formula is C12H15N5O3. The van der Waals surface area contributed by atoms with Gasteiger partial charge in [-0.1, -0.05) is 0 Å². The Hall–Kier alpha value is -2.22. The van der Waals surface area contributed by atoms with Gasteiger partial charge in [-0.15, -0.1) is 0 Å². The van der Waals surface area contributed by atoms with Crippen molar-refractivity contribution in [2.75, 3.05) is 11.9 Å². The number of hydrogen-bond donors (Lipinski definition) is 2. The maximum Gasteiger partial charge on any atom is 0.332 e. The predicted molar refractivity (Wildman–Crippen MR) is 69.5 cm³/mol. The average Bonchev–Trinajstić information content (AvgIpc) is 3.04. The molecule has 3 rings (SSSR count). The third-order valence-corrected chi connectivity index (χ3v) is 3.27. The van der Waals surface area contributed by atoms with E-state index in [1.807, 2.05) is 13.0 Å². The van der Waals surface area contributed by atoms with Gasteiger partial charge in [0.05, 0.1) is 6.10 Å². The Labute approximate surface area is 114 Å². The highest BCUT2D eigenvalue weighted by atomic mass is 16.5. The first kappa shape index (κ1) is 12.8. The third-order valence-electron chi connectivity index (χ3n) is 3.27. The molecule has 2 aromatic rings. The minimum atomic E-state index is -0.897. The maximum atomic E-state index is 10.8. The van der Waals surface area contributed by atoms with Crippen molar-refractivity contribution in [3.8, 4) is 0 Å². The van der Waals surface area contributed by atoms with E-state index in [0.29, 0.717) is 18.7 Å². The van der Waals surface area contributed by atoms with E-state index in [-0.39, 0.29) is 6.10 Å². The Balaban J connectivity index is 1.68. The van der Waals surface area contributed by atoms with Crippen molar-refractivity contribution in [1.29, 1.82) is 0 Å². The second kappa shape index (κ2) is 5.04. The first-order valence-electron chi connectivity index (χ1n) is 6.43. The highest BCUT2D eigenvalue weighted by molar-refractivity contribution is 5.72. The zero-order valence-corrected chi connectivity index (χ0v) is 11.0. The summed E-state index contributed by atoms with van der Waals surface area (Å²) < 4.78 is 7.05. The van der Waals surface area contributed by atoms with Crippen LogP contribution in [0.3, 0.4) is 0 Å². The van der Waals surface area contributed by atoms with Crippen LogP contribution in [0.4, 0.5) is 5.82 Å². The molecule has 0 aliphatic carbocycles. The summed E-state index contributed by atoms with van der Waals surface area (Å²) in [5.41, 5.74) is 0.837. The zero-order chi connectivity index (χ0) is 14.1. The standard InChI is InChI=1S/C12H15N5O3/c1-7-4-10(17-12(16-7)14-6-15-17)13-5-8-2-3-9(20-8)11(18)19/h4,6,8-9,13H,2-3,5H2,1H3,(H,18,19). The number of carbonyl (C=O) groups is 1. The normalized spacial score (nSPS) is 22.2. The molecule has 8 heteroatoms. The second-order valence-corrected chi connectivity index (χ2v) is 4.80. The lowest BCUT2D eigenvalue weighted by Crippen LogP contribution is -2.25. The van der Waals surface area contributed by atoms with Gasteiger partial charge in [0.1, 0.15) is 12.1 Å². The van der Waals surface area contributed by atoms with Crippen LogP contribution in [0.15, 0.2) is 12.4 Å². The van der Waals surface area contributed by atoms with Gasteiger partial charge >= 0.3 is 5.97 Å². The van der Waals surface area contributed by atoms with Gasteiger partial charge < -0.3 is 15.2 Å². The smallest absolute Gasteiger partial charge is 0.332 e. The molecular weight excluding hydrogens is 262 g/mol. The predicted octanol–water partition coefficient (Wildman–Crippen LogP) is 0.477. The van der Waals surface area contributed by atoms with Crippen LogP contribution in [-0.4, -0.2) is 49.4 Å². The van der Waals surface area contributed by atoms with E-state index in [1.54, 1.807) is 4.52 Å². The lowest BCUT2D eigenvalue weighted by Gasteiger charge is -2.14. The summed E-state index contributed by atoms with van der Waals surface area (Å²) in [5.74, 6) is 0.404. The van der Waals surface area contributed by atoms with Crippen LogP contribution in [-0.2, 0) is 9.53 Å². The summed E-state index contributed by atoms with van der Waals surface area (Å²) in [6, 6.07) is 1.87. The quantitative estimate of drug-likeness (QED) is 0.837. The van der Waals surface area contributed by atoms with Crippen LogP contribution in [0.25, 0.3) is 5.78 Å². The van der Waals surface area contributed by atoms with Crippen molar-refractivity contribution in [3.05, 3.63) is 18.1 Å². The van der Waals surface area contributed by atoms with Gasteiger partial charge in [0.2, 0.25) is 0 Å². The van der Waals surface area contributed by atoms with Crippen LogP contribution in [0.5, 0.6) is 0 Å². The molecule has 20 heavy (non-hydrogen) atoms. The molecule has 2 atom stereocenters. The van der Waals surface area contributed by atoms with Gasteiger partial charge in [-0.25, -0.2) is 9.78 Å². The molecule has 1 aliphatic rings. The van der Waals surface area contributed by atoms with Gasteiger partial charge in [0, 0.05) is 18.3 Å². The topological polar surface area (TPSA) is 102 Å². The number of nitrogens with zero attached hydrogens (tertiary/aromatic N) is 4. The molecule has 2 unspecified atom stereocenters. The fraction of sp³-hybridized carbons (Fsp3) is 0.500. The molecule has 0 spiro atoms. The van der Waals surface area contributed by atoms with Crippen molar-refractivity contribution in [1.82, 2.24) is 19.6 Å². The van der Waals surface area contributed by atoms with Gasteiger partial charge in [-0.3, -0.25) is 0 Å². The fourth-order valence-corrected chi connectivity index (χ4v) is 2.31. The van der Waals surface area contributed by atoms with Crippen LogP contribution >= 0.6 is 0 Å². The number of ether oxygens (including phenoxy) is 1. The number of fused-ring (bicyclic) bond motifs is 1. The molecule has 2 aromatic heterocycles. The van der Waals surface area contributed by atoms with E-state index in [1.165, 1.54) is 6.33 Å². The van der Waals surface area contributed by atoms with Crippen LogP contribution in [0, 0.1) is 6.92 Å². The second-order valence-electron chi connectivity index (χ2n) is 4.80. The van der Waals surface area contributed by atoms with Crippen LogP contribution in [0.2, 0.25) is 0 Å². The molecule has 0 bridgehead atoms. The van der Waals surface area contributed by atoms with E-state index in [0.717, 1.165) is 17.9 Å². The number of hydrogen-bond acceptors (Lipinski definition) is 6. The number of carboxylic acid groups (broad SMARTS) is 1. The summed E-state index contributed by atoms with van der Waals surface area (Å²) in [6.45, 7) is 2.41. The summed E-state index contributed by atoms with van der Waals surface area (Å²) in [4.78, 5) is 19.1. The molecule has 2 N–H and O–H groups in total. The minimum Gasteiger partial charge on any atom is -0.479 e. The van der Waals surface area contributed by atoms with Crippen molar-refractivity contribution in [2.24, 2.45) is 0 Å². The van der Waals surface area contributed by atoms with Crippen molar-refractivity contribution < 1.29 is 14.6 Å². The van der Waals surface area contributed by atoms with Crippen molar-refractivity contribution in [2.45, 2.75) is 32.0 Å². The number of aryl methyl sites for hydroxylation is 1. The van der Waals surface area contributed by atoms with Gasteiger partial charge in [-0.05, 0) is 19.8 Å². The van der Waals surface area contributed by atoms with Crippen LogP contribution < -0.4 is 5.32 Å². The zero-order valence-electron chi connectivity index (χ0n) is 11.0. The largest absolute Gasteiger partial charge is 0.479 e. The summed E-state index contributed by atoms with van der Waals surface area (Å²) in [5, 5.41) is 16.2. The Bertz CT molecular complexity index is 641. The first-order chi connectivity index (χ1) is 9.63. The third kappa shape index (κ3) is 2.42. The Morgan fingerprint density at radius 2 is 2.45 bits per heavy atom. The molecule has 1 aliphatic heterocycles. The first-order valence-corrected chi connectivity index (χ1v) is 6.43. The minimum absolute atomic E-state index is 0.108. The molecule has 0 radical (unpaired) electrons. The Morgan fingerprint density at radius 3 is 3.20 bits per heavy atom. The fourth-order valence-electron chi connectivity index (χ4n) is 2.31. The molecule has 106 valence electrons. The van der Waals surface area contributed by atoms with E-state index in [2.05, 4.69) is 20.4 Å². The summed E-state index contributed by atoms with van der Waals surface area (Å²) >= 11 is 0. The lowest BCUT2D eigenvalue weighted by atomic mass is 10.2. The molecule has 3 heterocycles. The molecule has 0 amide bonds. The lowest BCUT2D eigenvalue weighted by molar-refractivity contribution is -0.149. The SMILES string of the molecule is Cc1cc(NCC2CCC(C(=O)O)O2)n2ncnc2n1. The molecule has 1 saturated heterocycles. The number of anilines is 1. The average molecular weight is 277 g/mol. The number of rotatable bonds is 4. The maximum absolute atomic E-state index is 10.8. The molecule has 8 nitrogen and oxygen atoms in total. The monoisotopic (exact) mass is 277 g/mol. The van der Waals surface area contributed by atoms with E-state index < -0.39 is 12.1 Å². The number of nitrogens with one attached hydrogen (secondary N) is 1. The van der Waals surface area contributed by atoms with Crippen molar-refractivity contribution in [3.63, 3.8) is 0 Å². The Kier molecular flexibility index (Phi) is 3.23. The number of carboxylic acids is 1. The molecule has 0 saturated carbocycles. The van der Waals surface area contributed by atoms with E-state index in [4.69, 9.17) is 9.84 Å². The Morgan fingerprint density at radius 1 is 1.60 bits per heavy atom. The summed E-state index contributed by atoms with van der Waals surface area (Å²) in [6.07, 6.45) is 1.93. The van der Waals surface area contributed by atoms with Crippen molar-refractivity contribution >= 4 is 17.6 Å². The van der Waals surface area contributed by atoms with Gasteiger partial charge in [0.25, 0.3) is 5.78 Å². The highest BCUT2D eigenvalue weighted by Gasteiger charge is 2.30. The van der Waals surface area contributed by atoms with Gasteiger partial charge in [-0.2, -0.15) is 14.6 Å². The number of aromatic nitrogens is 4. The van der Waals surface area contributed by atoms with E-state index >= 15 is 0 Å². The molecule has 1 fully saturated rings.